The number of hydrogen-bond donors (Lipinski definition) is 1. The topological polar surface area (TPSA) is 68.3 Å². The molecule has 1 fully saturated rings. The van der Waals surface area contributed by atoms with Crippen molar-refractivity contribution in [3.8, 4) is 0 Å². The van der Waals surface area contributed by atoms with Crippen LogP contribution in [0.2, 0.25) is 5.02 Å². The van der Waals surface area contributed by atoms with Crippen LogP contribution in [-0.4, -0.2) is 32.2 Å². The summed E-state index contributed by atoms with van der Waals surface area (Å²) in [6.07, 6.45) is 3.46. The molecule has 1 N–H and O–H groups in total. The highest BCUT2D eigenvalue weighted by Gasteiger charge is 2.50. The molecule has 1 aliphatic carbocycles. The van der Waals surface area contributed by atoms with Gasteiger partial charge in [0.2, 0.25) is 10.0 Å². The predicted octanol–water partition coefficient (Wildman–Crippen LogP) is 2.22. The Labute approximate surface area is 124 Å². The molecule has 1 aromatic rings. The van der Waals surface area contributed by atoms with Crippen molar-refractivity contribution in [3.63, 3.8) is 0 Å². The normalized spacial score (nSPS) is 25.2. The van der Waals surface area contributed by atoms with Crippen LogP contribution < -0.4 is 4.72 Å². The summed E-state index contributed by atoms with van der Waals surface area (Å²) >= 11 is 5.92. The number of rotatable bonds is 5. The Hall–Kier alpha value is -0.690. The van der Waals surface area contributed by atoms with E-state index in [1.807, 2.05) is 20.8 Å². The second-order valence-electron chi connectivity index (χ2n) is 5.48. The molecule has 1 aromatic heterocycles. The van der Waals surface area contributed by atoms with Crippen molar-refractivity contribution in [1.29, 1.82) is 0 Å². The van der Waals surface area contributed by atoms with Gasteiger partial charge in [-0.25, -0.2) is 13.1 Å². The van der Waals surface area contributed by atoms with Gasteiger partial charge in [0.25, 0.3) is 0 Å². The van der Waals surface area contributed by atoms with Gasteiger partial charge in [0.05, 0.1) is 11.1 Å². The van der Waals surface area contributed by atoms with Gasteiger partial charge in [0.1, 0.15) is 4.90 Å². The van der Waals surface area contributed by atoms with Crippen LogP contribution in [0.5, 0.6) is 0 Å². The Balaban J connectivity index is 2.14. The molecule has 0 aliphatic heterocycles. The Kier molecular flexibility index (Phi) is 4.39. The second kappa shape index (κ2) is 5.60. The second-order valence-corrected chi connectivity index (χ2v) is 7.57. The summed E-state index contributed by atoms with van der Waals surface area (Å²) in [5, 5.41) is 0.172. The number of nitrogens with zero attached hydrogens (tertiary/aromatic N) is 1. The molecule has 0 aromatic carbocycles. The molecule has 5 nitrogen and oxygen atoms in total. The summed E-state index contributed by atoms with van der Waals surface area (Å²) in [5.41, 5.74) is -0.238. The summed E-state index contributed by atoms with van der Waals surface area (Å²) in [6.45, 7) is 6.55. The summed E-state index contributed by atoms with van der Waals surface area (Å²) in [5.74, 6) is 0. The highest BCUT2D eigenvalue weighted by molar-refractivity contribution is 7.89. The van der Waals surface area contributed by atoms with Crippen molar-refractivity contribution in [2.45, 2.75) is 44.2 Å². The minimum Gasteiger partial charge on any atom is -0.378 e. The van der Waals surface area contributed by atoms with Crippen LogP contribution in [0.3, 0.4) is 0 Å². The Morgan fingerprint density at radius 1 is 1.55 bits per heavy atom. The maximum atomic E-state index is 12.3. The highest BCUT2D eigenvalue weighted by atomic mass is 35.5. The molecule has 2 atom stereocenters. The van der Waals surface area contributed by atoms with Crippen LogP contribution >= 0.6 is 11.6 Å². The molecule has 0 amide bonds. The van der Waals surface area contributed by atoms with Crippen molar-refractivity contribution in [1.82, 2.24) is 9.71 Å². The van der Waals surface area contributed by atoms with E-state index in [1.54, 1.807) is 0 Å². The van der Waals surface area contributed by atoms with Crippen LogP contribution in [0.1, 0.15) is 27.2 Å². The first kappa shape index (κ1) is 15.7. The molecule has 1 saturated carbocycles. The summed E-state index contributed by atoms with van der Waals surface area (Å²) in [6, 6.07) is 1.30. The molecular formula is C13H19ClN2O3S. The number of ether oxygens (including phenoxy) is 1. The summed E-state index contributed by atoms with van der Waals surface area (Å²) in [4.78, 5) is 3.83. The molecular weight excluding hydrogens is 300 g/mol. The monoisotopic (exact) mass is 318 g/mol. The van der Waals surface area contributed by atoms with Gasteiger partial charge in [-0.05, 0) is 19.4 Å². The van der Waals surface area contributed by atoms with E-state index in [0.29, 0.717) is 13.0 Å². The van der Waals surface area contributed by atoms with Gasteiger partial charge in [-0.15, -0.1) is 0 Å². The smallest absolute Gasteiger partial charge is 0.243 e. The maximum Gasteiger partial charge on any atom is 0.243 e. The number of halogens is 1. The van der Waals surface area contributed by atoms with Crippen LogP contribution in [0.15, 0.2) is 23.4 Å². The summed E-state index contributed by atoms with van der Waals surface area (Å²) < 4.78 is 33.0. The maximum absolute atomic E-state index is 12.3. The summed E-state index contributed by atoms with van der Waals surface area (Å²) in [7, 11) is -3.66. The van der Waals surface area contributed by atoms with Crippen LogP contribution in [0.25, 0.3) is 0 Å². The third kappa shape index (κ3) is 2.83. The Morgan fingerprint density at radius 3 is 2.80 bits per heavy atom. The van der Waals surface area contributed by atoms with Gasteiger partial charge < -0.3 is 4.74 Å². The molecule has 1 heterocycles. The fourth-order valence-electron chi connectivity index (χ4n) is 2.38. The molecule has 0 saturated heterocycles. The Bertz CT molecular complexity index is 589. The largest absolute Gasteiger partial charge is 0.378 e. The average Bonchev–Trinajstić information content (AvgIpc) is 2.38. The lowest BCUT2D eigenvalue weighted by Crippen LogP contribution is -2.61. The third-order valence-corrected chi connectivity index (χ3v) is 5.81. The molecule has 0 bridgehead atoms. The number of aromatic nitrogens is 1. The van der Waals surface area contributed by atoms with Crippen LogP contribution in [-0.2, 0) is 14.8 Å². The number of hydrogen-bond acceptors (Lipinski definition) is 4. The van der Waals surface area contributed by atoms with Gasteiger partial charge in [0.15, 0.2) is 0 Å². The highest BCUT2D eigenvalue weighted by Crippen LogP contribution is 2.43. The molecule has 2 unspecified atom stereocenters. The molecule has 7 heteroatoms. The zero-order valence-corrected chi connectivity index (χ0v) is 13.3. The predicted molar refractivity (Wildman–Crippen MR) is 77.2 cm³/mol. The molecule has 20 heavy (non-hydrogen) atoms. The molecule has 112 valence electrons. The zero-order valence-electron chi connectivity index (χ0n) is 11.8. The van der Waals surface area contributed by atoms with Crippen LogP contribution in [0, 0.1) is 5.41 Å². The van der Waals surface area contributed by atoms with Gasteiger partial charge in [0, 0.05) is 30.5 Å². The van der Waals surface area contributed by atoms with E-state index in [1.165, 1.54) is 18.5 Å². The van der Waals surface area contributed by atoms with Crippen molar-refractivity contribution >= 4 is 21.6 Å². The van der Waals surface area contributed by atoms with Crippen molar-refractivity contribution in [2.75, 3.05) is 6.61 Å². The van der Waals surface area contributed by atoms with E-state index in [2.05, 4.69) is 9.71 Å². The average molecular weight is 319 g/mol. The minimum absolute atomic E-state index is 0.0114. The first-order chi connectivity index (χ1) is 9.29. The van der Waals surface area contributed by atoms with E-state index in [-0.39, 0.29) is 27.5 Å². The van der Waals surface area contributed by atoms with Crippen molar-refractivity contribution in [3.05, 3.63) is 23.5 Å². The van der Waals surface area contributed by atoms with Crippen molar-refractivity contribution in [2.24, 2.45) is 5.41 Å². The van der Waals surface area contributed by atoms with E-state index in [0.717, 1.165) is 0 Å². The van der Waals surface area contributed by atoms with Gasteiger partial charge in [-0.3, -0.25) is 4.98 Å². The number of sulfonamides is 1. The third-order valence-electron chi connectivity index (χ3n) is 3.87. The SMILES string of the molecule is CCOC1CC(NS(=O)(=O)c2cnccc2Cl)C1(C)C. The van der Waals surface area contributed by atoms with Gasteiger partial charge in [-0.1, -0.05) is 25.4 Å². The van der Waals surface area contributed by atoms with Gasteiger partial charge >= 0.3 is 0 Å². The molecule has 2 rings (SSSR count). The van der Waals surface area contributed by atoms with E-state index < -0.39 is 10.0 Å². The van der Waals surface area contributed by atoms with E-state index >= 15 is 0 Å². The quantitative estimate of drug-likeness (QED) is 0.904. The first-order valence-electron chi connectivity index (χ1n) is 6.52. The number of nitrogens with one attached hydrogen (secondary N) is 1. The first-order valence-corrected chi connectivity index (χ1v) is 8.38. The lowest BCUT2D eigenvalue weighted by atomic mass is 9.65. The van der Waals surface area contributed by atoms with Crippen molar-refractivity contribution < 1.29 is 13.2 Å². The number of pyridine rings is 1. The molecule has 0 spiro atoms. The Morgan fingerprint density at radius 2 is 2.25 bits per heavy atom. The fraction of sp³-hybridized carbons (Fsp3) is 0.615. The molecule has 0 radical (unpaired) electrons. The standard InChI is InChI=1S/C13H19ClN2O3S/c1-4-19-12-7-11(13(12,2)3)16-20(17,18)10-8-15-6-5-9(10)14/h5-6,8,11-12,16H,4,7H2,1-3H3. The minimum atomic E-state index is -3.66. The van der Waals surface area contributed by atoms with Gasteiger partial charge in [-0.2, -0.15) is 0 Å². The zero-order chi connectivity index (χ0) is 15.0. The van der Waals surface area contributed by atoms with Crippen LogP contribution in [0.4, 0.5) is 0 Å². The lowest BCUT2D eigenvalue weighted by Gasteiger charge is -2.51. The van der Waals surface area contributed by atoms with E-state index in [9.17, 15) is 8.42 Å². The van der Waals surface area contributed by atoms with E-state index in [4.69, 9.17) is 16.3 Å². The molecule has 1 aliphatic rings. The lowest BCUT2D eigenvalue weighted by molar-refractivity contribution is -0.108. The fourth-order valence-corrected chi connectivity index (χ4v) is 4.22.